The zero-order chi connectivity index (χ0) is 9.68. The van der Waals surface area contributed by atoms with Crippen molar-refractivity contribution in [1.29, 1.82) is 0 Å². The first-order chi connectivity index (χ1) is 6.27. The summed E-state index contributed by atoms with van der Waals surface area (Å²) >= 11 is -0.352. The average molecular weight is 204 g/mol. The van der Waals surface area contributed by atoms with Crippen LogP contribution in [0.4, 0.5) is 8.28 Å². The van der Waals surface area contributed by atoms with Crippen molar-refractivity contribution < 1.29 is 12.5 Å². The van der Waals surface area contributed by atoms with E-state index in [9.17, 15) is 8.28 Å². The number of benzene rings is 1. The summed E-state index contributed by atoms with van der Waals surface area (Å²) in [6.45, 7) is 2.01. The highest BCUT2D eigenvalue weighted by Gasteiger charge is 2.04. The monoisotopic (exact) mass is 204 g/mol. The van der Waals surface area contributed by atoms with E-state index >= 15 is 0 Å². The number of hydrogen-bond acceptors (Lipinski definition) is 2. The zero-order valence-electron chi connectivity index (χ0n) is 7.22. The smallest absolute Gasteiger partial charge is 0.272 e. The highest BCUT2D eigenvalue weighted by Crippen LogP contribution is 2.22. The third-order valence-electron chi connectivity index (χ3n) is 1.66. The summed E-state index contributed by atoms with van der Waals surface area (Å²) in [5.74, 6) is -0.580. The van der Waals surface area contributed by atoms with Crippen LogP contribution < -0.4 is 4.18 Å². The van der Waals surface area contributed by atoms with E-state index in [0.717, 1.165) is 18.4 Å². The predicted octanol–water partition coefficient (Wildman–Crippen LogP) is 3.69. The molecule has 0 aromatic heterocycles. The van der Waals surface area contributed by atoms with E-state index in [0.29, 0.717) is 0 Å². The van der Waals surface area contributed by atoms with Gasteiger partial charge in [-0.15, -0.1) is 3.89 Å². The Morgan fingerprint density at radius 2 is 2.23 bits per heavy atom. The molecule has 0 unspecified atom stereocenters. The van der Waals surface area contributed by atoms with E-state index in [1.165, 1.54) is 12.1 Å². The Bertz CT molecular complexity index is 278. The normalized spacial score (nSPS) is 10.1. The van der Waals surface area contributed by atoms with E-state index in [-0.39, 0.29) is 18.2 Å². The van der Waals surface area contributed by atoms with Crippen LogP contribution in [0.25, 0.3) is 0 Å². The molecule has 0 aliphatic carbocycles. The minimum absolute atomic E-state index is 0.0626. The van der Waals surface area contributed by atoms with Crippen molar-refractivity contribution in [2.45, 2.75) is 19.8 Å². The van der Waals surface area contributed by atoms with E-state index in [2.05, 4.69) is 4.18 Å². The Balaban J connectivity index is 2.79. The highest BCUT2D eigenvalue weighted by molar-refractivity contribution is 7.89. The molecule has 1 aromatic rings. The molecule has 0 saturated carbocycles. The summed E-state index contributed by atoms with van der Waals surface area (Å²) in [4.78, 5) is 0. The number of halogens is 2. The topological polar surface area (TPSA) is 9.23 Å². The van der Waals surface area contributed by atoms with Crippen molar-refractivity contribution in [2.24, 2.45) is 0 Å². The maximum absolute atomic E-state index is 13.1. The number of aryl methyl sites for hydroxylation is 1. The molecule has 4 heteroatoms. The zero-order valence-corrected chi connectivity index (χ0v) is 8.04. The lowest BCUT2D eigenvalue weighted by molar-refractivity contribution is 0.528. The molecule has 0 aliphatic rings. The van der Waals surface area contributed by atoms with Gasteiger partial charge in [-0.2, -0.15) is 0 Å². The summed E-state index contributed by atoms with van der Waals surface area (Å²) in [7, 11) is 0. The van der Waals surface area contributed by atoms with Crippen LogP contribution in [-0.4, -0.2) is 0 Å². The molecule has 13 heavy (non-hydrogen) atoms. The van der Waals surface area contributed by atoms with Gasteiger partial charge in [0.05, 0.1) is 0 Å². The fourth-order valence-electron chi connectivity index (χ4n) is 1.09. The van der Waals surface area contributed by atoms with Gasteiger partial charge in [-0.25, -0.2) is 4.39 Å². The molecule has 1 aromatic carbocycles. The fourth-order valence-corrected chi connectivity index (χ4v) is 1.29. The minimum Gasteiger partial charge on any atom is -0.394 e. The van der Waals surface area contributed by atoms with Crippen molar-refractivity contribution in [2.75, 3.05) is 0 Å². The van der Waals surface area contributed by atoms with Gasteiger partial charge in [0.25, 0.3) is 12.4 Å². The highest BCUT2D eigenvalue weighted by atomic mass is 32.2. The Kier molecular flexibility index (Phi) is 4.02. The SMILES string of the molecule is CCCc1ccc(OSF)c(F)c1. The molecular formula is C9H10F2OS. The van der Waals surface area contributed by atoms with E-state index in [4.69, 9.17) is 0 Å². The van der Waals surface area contributed by atoms with Crippen LogP contribution in [0.15, 0.2) is 18.2 Å². The van der Waals surface area contributed by atoms with Gasteiger partial charge in [-0.3, -0.25) is 0 Å². The molecule has 0 aliphatic heterocycles. The molecule has 0 atom stereocenters. The molecule has 0 saturated heterocycles. The van der Waals surface area contributed by atoms with Crippen LogP contribution >= 0.6 is 12.4 Å². The molecule has 0 bridgehead atoms. The van der Waals surface area contributed by atoms with Gasteiger partial charge in [0.2, 0.25) is 0 Å². The third-order valence-corrected chi connectivity index (χ3v) is 1.90. The molecule has 0 N–H and O–H groups in total. The quantitative estimate of drug-likeness (QED) is 0.692. The van der Waals surface area contributed by atoms with Crippen molar-refractivity contribution in [1.82, 2.24) is 0 Å². The molecule has 0 amide bonds. The van der Waals surface area contributed by atoms with E-state index < -0.39 is 5.82 Å². The van der Waals surface area contributed by atoms with Gasteiger partial charge in [0.1, 0.15) is 0 Å². The minimum atomic E-state index is -0.517. The van der Waals surface area contributed by atoms with Crippen LogP contribution in [0, 0.1) is 5.82 Å². The van der Waals surface area contributed by atoms with Gasteiger partial charge in [0, 0.05) is 0 Å². The maximum Gasteiger partial charge on any atom is 0.272 e. The molecular weight excluding hydrogens is 194 g/mol. The van der Waals surface area contributed by atoms with Crippen LogP contribution in [0.3, 0.4) is 0 Å². The molecule has 0 radical (unpaired) electrons. The molecule has 1 rings (SSSR count). The summed E-state index contributed by atoms with van der Waals surface area (Å²) in [6.07, 6.45) is 1.78. The second kappa shape index (κ2) is 5.07. The number of rotatable bonds is 4. The summed E-state index contributed by atoms with van der Waals surface area (Å²) in [5.41, 5.74) is 0.899. The second-order valence-corrected chi connectivity index (χ2v) is 2.95. The summed E-state index contributed by atoms with van der Waals surface area (Å²) < 4.78 is 29.0. The molecule has 0 spiro atoms. The number of hydrogen-bond donors (Lipinski definition) is 0. The van der Waals surface area contributed by atoms with Gasteiger partial charge in [-0.1, -0.05) is 19.4 Å². The fraction of sp³-hybridized carbons (Fsp3) is 0.333. The van der Waals surface area contributed by atoms with Crippen molar-refractivity contribution in [3.8, 4) is 5.75 Å². The average Bonchev–Trinajstić information content (AvgIpc) is 2.10. The summed E-state index contributed by atoms with van der Waals surface area (Å²) in [6, 6.07) is 4.54. The van der Waals surface area contributed by atoms with Crippen molar-refractivity contribution >= 4 is 12.4 Å². The Morgan fingerprint density at radius 1 is 1.46 bits per heavy atom. The molecule has 72 valence electrons. The van der Waals surface area contributed by atoms with Gasteiger partial charge >= 0.3 is 0 Å². The third kappa shape index (κ3) is 2.88. The van der Waals surface area contributed by atoms with Gasteiger partial charge in [0.15, 0.2) is 11.6 Å². The lowest BCUT2D eigenvalue weighted by Crippen LogP contribution is -1.88. The largest absolute Gasteiger partial charge is 0.394 e. The van der Waals surface area contributed by atoms with Crippen LogP contribution in [-0.2, 0) is 6.42 Å². The van der Waals surface area contributed by atoms with Crippen LogP contribution in [0.5, 0.6) is 5.75 Å². The van der Waals surface area contributed by atoms with E-state index in [1.54, 1.807) is 6.07 Å². The standard InChI is InChI=1S/C9H10F2OS/c1-2-3-7-4-5-9(12-13-11)8(10)6-7/h4-6H,2-3H2,1H3. The lowest BCUT2D eigenvalue weighted by Gasteiger charge is -2.02. The second-order valence-electron chi connectivity index (χ2n) is 2.66. The first-order valence-corrected chi connectivity index (χ1v) is 4.65. The van der Waals surface area contributed by atoms with Crippen molar-refractivity contribution in [3.05, 3.63) is 29.6 Å². The maximum atomic E-state index is 13.1. The van der Waals surface area contributed by atoms with Gasteiger partial charge in [-0.05, 0) is 24.1 Å². The van der Waals surface area contributed by atoms with E-state index in [1.807, 2.05) is 6.92 Å². The Morgan fingerprint density at radius 3 is 2.77 bits per heavy atom. The van der Waals surface area contributed by atoms with Crippen LogP contribution in [0.2, 0.25) is 0 Å². The summed E-state index contributed by atoms with van der Waals surface area (Å²) in [5, 5.41) is 0. The molecule has 0 fully saturated rings. The van der Waals surface area contributed by atoms with Crippen LogP contribution in [0.1, 0.15) is 18.9 Å². The molecule has 0 heterocycles. The first-order valence-electron chi connectivity index (χ1n) is 4.01. The predicted molar refractivity (Wildman–Crippen MR) is 49.7 cm³/mol. The molecule has 1 nitrogen and oxygen atoms in total. The lowest BCUT2D eigenvalue weighted by atomic mass is 10.1. The van der Waals surface area contributed by atoms with Crippen molar-refractivity contribution in [3.63, 3.8) is 0 Å². The van der Waals surface area contributed by atoms with Gasteiger partial charge < -0.3 is 4.18 Å². The Labute approximate surface area is 80.6 Å². The first kappa shape index (κ1) is 10.3. The Hall–Kier alpha value is -0.770.